The van der Waals surface area contributed by atoms with Gasteiger partial charge in [0.1, 0.15) is 12.1 Å². The van der Waals surface area contributed by atoms with Gasteiger partial charge in [-0.2, -0.15) is 0 Å². The molecule has 2 saturated carbocycles. The van der Waals surface area contributed by atoms with E-state index in [2.05, 4.69) is 19.2 Å². The number of piperidine rings is 1. The summed E-state index contributed by atoms with van der Waals surface area (Å²) in [7, 11) is 0. The van der Waals surface area contributed by atoms with Gasteiger partial charge in [0.05, 0.1) is 0 Å². The Hall–Kier alpha value is -2.82. The fourth-order valence-corrected chi connectivity index (χ4v) is 6.50. The van der Waals surface area contributed by atoms with Gasteiger partial charge in [0, 0.05) is 17.6 Å². The van der Waals surface area contributed by atoms with Crippen LogP contribution in [0, 0.1) is 16.7 Å². The molecule has 0 aromatic heterocycles. The summed E-state index contributed by atoms with van der Waals surface area (Å²) in [5.41, 5.74) is 0.451. The van der Waals surface area contributed by atoms with Crippen molar-refractivity contribution in [1.29, 1.82) is 0 Å². The number of benzene rings is 2. The Morgan fingerprint density at radius 2 is 1.73 bits per heavy atom. The summed E-state index contributed by atoms with van der Waals surface area (Å²) < 4.78 is 5.87. The third-order valence-corrected chi connectivity index (χ3v) is 8.38. The summed E-state index contributed by atoms with van der Waals surface area (Å²) in [4.78, 5) is 28.8. The van der Waals surface area contributed by atoms with E-state index < -0.39 is 5.54 Å². The zero-order valence-corrected chi connectivity index (χ0v) is 17.6. The van der Waals surface area contributed by atoms with Crippen molar-refractivity contribution in [2.75, 3.05) is 11.9 Å². The summed E-state index contributed by atoms with van der Waals surface area (Å²) in [6.07, 6.45) is 2.76. The third kappa shape index (κ3) is 2.41. The molecular formula is C25H28N2O3. The molecule has 2 amide bonds. The molecule has 0 spiro atoms. The van der Waals surface area contributed by atoms with E-state index in [9.17, 15) is 9.59 Å². The van der Waals surface area contributed by atoms with Crippen LogP contribution in [0.25, 0.3) is 0 Å². The van der Waals surface area contributed by atoms with Gasteiger partial charge < -0.3 is 15.0 Å². The highest BCUT2D eigenvalue weighted by atomic mass is 16.5. The highest BCUT2D eigenvalue weighted by molar-refractivity contribution is 5.96. The van der Waals surface area contributed by atoms with Crippen molar-refractivity contribution in [1.82, 2.24) is 4.90 Å². The molecular weight excluding hydrogens is 376 g/mol. The molecule has 30 heavy (non-hydrogen) atoms. The predicted molar refractivity (Wildman–Crippen MR) is 115 cm³/mol. The minimum Gasteiger partial charge on any atom is -0.459 e. The zero-order valence-electron chi connectivity index (χ0n) is 17.6. The maximum atomic E-state index is 13.7. The molecule has 3 aliphatic rings. The Bertz CT molecular complexity index is 978. The smallest absolute Gasteiger partial charge is 0.333 e. The van der Waals surface area contributed by atoms with Crippen LogP contribution in [0.3, 0.4) is 0 Å². The highest BCUT2D eigenvalue weighted by Crippen LogP contribution is 2.76. The number of anilines is 1. The van der Waals surface area contributed by atoms with Gasteiger partial charge in [-0.25, -0.2) is 9.59 Å². The van der Waals surface area contributed by atoms with E-state index in [1.807, 2.05) is 60.7 Å². The summed E-state index contributed by atoms with van der Waals surface area (Å²) in [6, 6.07) is 18.9. The van der Waals surface area contributed by atoms with Crippen LogP contribution >= 0.6 is 0 Å². The van der Waals surface area contributed by atoms with E-state index in [1.54, 1.807) is 4.90 Å². The van der Waals surface area contributed by atoms with E-state index in [-0.39, 0.29) is 29.4 Å². The first-order valence-corrected chi connectivity index (χ1v) is 10.8. The normalized spacial score (nSPS) is 33.5. The van der Waals surface area contributed by atoms with Crippen LogP contribution in [0.4, 0.5) is 10.5 Å². The lowest BCUT2D eigenvalue weighted by Crippen LogP contribution is -2.62. The van der Waals surface area contributed by atoms with Gasteiger partial charge in [-0.3, -0.25) is 0 Å². The molecule has 0 radical (unpaired) electrons. The number of para-hydroxylation sites is 1. The lowest BCUT2D eigenvalue weighted by atomic mass is 9.65. The number of nitrogens with zero attached hydrogens (tertiary/aromatic N) is 1. The summed E-state index contributed by atoms with van der Waals surface area (Å²) >= 11 is 0. The van der Waals surface area contributed by atoms with Crippen LogP contribution < -0.4 is 5.32 Å². The summed E-state index contributed by atoms with van der Waals surface area (Å²) in [6.45, 7) is 5.27. The molecule has 1 heterocycles. The Labute approximate surface area is 177 Å². The average molecular weight is 405 g/mol. The second-order valence-electron chi connectivity index (χ2n) is 9.49. The lowest BCUT2D eigenvalue weighted by Gasteiger charge is -2.45. The number of urea groups is 1. The van der Waals surface area contributed by atoms with Crippen molar-refractivity contribution in [2.24, 2.45) is 16.7 Å². The second-order valence-corrected chi connectivity index (χ2v) is 9.49. The van der Waals surface area contributed by atoms with Crippen molar-refractivity contribution in [3.8, 4) is 0 Å². The molecule has 2 aromatic rings. The van der Waals surface area contributed by atoms with Gasteiger partial charge in [-0.1, -0.05) is 62.4 Å². The quantitative estimate of drug-likeness (QED) is 0.742. The second kappa shape index (κ2) is 6.59. The Morgan fingerprint density at radius 3 is 2.40 bits per heavy atom. The average Bonchev–Trinajstić information content (AvgIpc) is 3.22. The molecule has 3 fully saturated rings. The fraction of sp³-hybridized carbons (Fsp3) is 0.440. The molecule has 5 rings (SSSR count). The molecule has 2 aliphatic carbocycles. The molecule has 0 unspecified atom stereocenters. The van der Waals surface area contributed by atoms with E-state index in [0.29, 0.717) is 18.9 Å². The first kappa shape index (κ1) is 19.2. The van der Waals surface area contributed by atoms with Crippen LogP contribution in [-0.2, 0) is 16.1 Å². The third-order valence-electron chi connectivity index (χ3n) is 8.38. The minimum absolute atomic E-state index is 0.0627. The number of ether oxygens (including phenoxy) is 1. The summed E-state index contributed by atoms with van der Waals surface area (Å²) in [5.74, 6) is 0.190. The first-order chi connectivity index (χ1) is 14.4. The number of hydrogen-bond acceptors (Lipinski definition) is 3. The minimum atomic E-state index is -0.904. The van der Waals surface area contributed by atoms with Gasteiger partial charge in [-0.05, 0) is 48.3 Å². The number of esters is 1. The number of carbonyl (C=O) groups is 2. The zero-order chi connectivity index (χ0) is 21.0. The van der Waals surface area contributed by atoms with E-state index in [4.69, 9.17) is 4.74 Å². The largest absolute Gasteiger partial charge is 0.459 e. The van der Waals surface area contributed by atoms with E-state index >= 15 is 0 Å². The lowest BCUT2D eigenvalue weighted by molar-refractivity contribution is -0.163. The molecule has 2 aromatic carbocycles. The van der Waals surface area contributed by atoms with E-state index in [1.165, 1.54) is 0 Å². The number of amides is 2. The molecule has 156 valence electrons. The van der Waals surface area contributed by atoms with Crippen LogP contribution in [0.2, 0.25) is 0 Å². The molecule has 1 saturated heterocycles. The van der Waals surface area contributed by atoms with Gasteiger partial charge in [0.2, 0.25) is 0 Å². The topological polar surface area (TPSA) is 58.6 Å². The van der Waals surface area contributed by atoms with Gasteiger partial charge in [0.25, 0.3) is 0 Å². The van der Waals surface area contributed by atoms with Crippen LogP contribution in [0.1, 0.15) is 38.7 Å². The Balaban J connectivity index is 1.45. The Kier molecular flexibility index (Phi) is 4.21. The highest BCUT2D eigenvalue weighted by Gasteiger charge is 2.81. The number of rotatable bonds is 4. The molecule has 4 bridgehead atoms. The van der Waals surface area contributed by atoms with Crippen molar-refractivity contribution < 1.29 is 14.3 Å². The van der Waals surface area contributed by atoms with Crippen molar-refractivity contribution in [2.45, 2.75) is 45.3 Å². The van der Waals surface area contributed by atoms with Crippen LogP contribution in [0.5, 0.6) is 0 Å². The maximum absolute atomic E-state index is 13.7. The fourth-order valence-electron chi connectivity index (χ4n) is 6.50. The van der Waals surface area contributed by atoms with Gasteiger partial charge in [-0.15, -0.1) is 0 Å². The number of hydrogen-bond donors (Lipinski definition) is 1. The number of likely N-dealkylation sites (tertiary alicyclic amines) is 1. The van der Waals surface area contributed by atoms with Crippen molar-refractivity contribution in [3.63, 3.8) is 0 Å². The Morgan fingerprint density at radius 1 is 1.07 bits per heavy atom. The van der Waals surface area contributed by atoms with Crippen molar-refractivity contribution >= 4 is 17.7 Å². The predicted octanol–water partition coefficient (Wildman–Crippen LogP) is 4.84. The molecule has 5 nitrogen and oxygen atoms in total. The van der Waals surface area contributed by atoms with Crippen LogP contribution in [0.15, 0.2) is 60.7 Å². The molecule has 1 N–H and O–H groups in total. The SMILES string of the molecule is C[C@@]12CC[C@@H]3C[C@]1(C(=O)OCc1ccccc1)N(C(=O)Nc1ccccc1)C[C@]32C. The standard InChI is InChI=1S/C25H28N2O3/c1-23-17-27(22(29)26-20-11-7-4-8-12-20)25(15-19(23)13-14-24(23,25)2)21(28)30-16-18-9-5-3-6-10-18/h3-12,19H,13-17H2,1-2H3,(H,26,29)/t19-,23-,24+,25-/m1/s1. The van der Waals surface area contributed by atoms with E-state index in [0.717, 1.165) is 24.1 Å². The van der Waals surface area contributed by atoms with Crippen LogP contribution in [-0.4, -0.2) is 29.0 Å². The van der Waals surface area contributed by atoms with Crippen molar-refractivity contribution in [3.05, 3.63) is 66.2 Å². The van der Waals surface area contributed by atoms with Gasteiger partial charge in [0.15, 0.2) is 0 Å². The molecule has 5 heteroatoms. The maximum Gasteiger partial charge on any atom is 0.333 e. The monoisotopic (exact) mass is 404 g/mol. The first-order valence-electron chi connectivity index (χ1n) is 10.8. The number of nitrogens with one attached hydrogen (secondary N) is 1. The summed E-state index contributed by atoms with van der Waals surface area (Å²) in [5, 5.41) is 3.00. The molecule has 1 aliphatic heterocycles. The number of carbonyl (C=O) groups excluding carboxylic acids is 2. The molecule has 4 atom stereocenters. The van der Waals surface area contributed by atoms with Gasteiger partial charge >= 0.3 is 12.0 Å².